The molecule has 10 heteroatoms. The molecule has 0 N–H and O–H groups in total. The van der Waals surface area contributed by atoms with Crippen LogP contribution in [0.25, 0.3) is 0 Å². The molecule has 0 unspecified atom stereocenters. The second kappa shape index (κ2) is 13.2. The van der Waals surface area contributed by atoms with Crippen LogP contribution in [0.1, 0.15) is 48.4 Å². The summed E-state index contributed by atoms with van der Waals surface area (Å²) < 4.78 is 84.7. The van der Waals surface area contributed by atoms with Gasteiger partial charge in [-0.15, -0.1) is 0 Å². The summed E-state index contributed by atoms with van der Waals surface area (Å²) in [5, 5.41) is -0.321. The molecule has 4 nitrogen and oxygen atoms in total. The highest BCUT2D eigenvalue weighted by molar-refractivity contribution is 7.90. The van der Waals surface area contributed by atoms with Gasteiger partial charge in [-0.05, 0) is 42.0 Å². The minimum Gasteiger partial charge on any atom is -0.493 e. The molecule has 0 aliphatic carbocycles. The smallest absolute Gasteiger partial charge is 0.417 e. The molecular weight excluding hydrogens is 554 g/mol. The van der Waals surface area contributed by atoms with Crippen LogP contribution in [0, 0.1) is 5.82 Å². The van der Waals surface area contributed by atoms with E-state index in [2.05, 4.69) is 0 Å². The van der Waals surface area contributed by atoms with Crippen LogP contribution in [0.5, 0.6) is 5.75 Å². The van der Waals surface area contributed by atoms with Crippen LogP contribution in [-0.4, -0.2) is 39.3 Å². The Hall–Kier alpha value is -2.62. The van der Waals surface area contributed by atoms with Crippen LogP contribution < -0.4 is 4.74 Å². The van der Waals surface area contributed by atoms with Crippen molar-refractivity contribution in [3.05, 3.63) is 93.8 Å². The van der Waals surface area contributed by atoms with E-state index in [1.54, 1.807) is 13.0 Å². The van der Waals surface area contributed by atoms with Crippen LogP contribution in [0.4, 0.5) is 17.6 Å². The van der Waals surface area contributed by atoms with Gasteiger partial charge < -0.3 is 4.74 Å². The van der Waals surface area contributed by atoms with Gasteiger partial charge in [-0.2, -0.15) is 13.2 Å². The highest BCUT2D eigenvalue weighted by Crippen LogP contribution is 2.36. The topological polar surface area (TPSA) is 46.6 Å². The van der Waals surface area contributed by atoms with Gasteiger partial charge in [-0.1, -0.05) is 67.9 Å². The number of benzene rings is 3. The van der Waals surface area contributed by atoms with Crippen molar-refractivity contribution < 1.29 is 30.7 Å². The fourth-order valence-corrected chi connectivity index (χ4v) is 5.81. The standard InChI is InChI=1S/C29H32ClF4NO3S/c1-4-24-26(31)16-23(17-27(24)39(3,36)37)38-15-9-14-35(18-20(2)21-10-6-5-7-11-21)19-22-12-8-13-25(28(22)30)29(32,33)34/h5-8,10-13,16-17,20H,4,9,14-15,18-19H2,1-3H3/t20-/m1/s1. The first kappa shape index (κ1) is 30.9. The van der Waals surface area contributed by atoms with Crippen LogP contribution in [0.15, 0.2) is 65.6 Å². The summed E-state index contributed by atoms with van der Waals surface area (Å²) in [6.45, 7) is 5.07. The van der Waals surface area contributed by atoms with E-state index in [1.165, 1.54) is 18.2 Å². The quantitative estimate of drug-likeness (QED) is 0.163. The molecule has 3 rings (SSSR count). The van der Waals surface area contributed by atoms with Crippen molar-refractivity contribution >= 4 is 21.4 Å². The number of hydrogen-bond donors (Lipinski definition) is 0. The van der Waals surface area contributed by atoms with Crippen LogP contribution in [0.2, 0.25) is 5.02 Å². The van der Waals surface area contributed by atoms with Gasteiger partial charge in [-0.25, -0.2) is 12.8 Å². The number of hydrogen-bond acceptors (Lipinski definition) is 4. The van der Waals surface area contributed by atoms with Crippen LogP contribution in [-0.2, 0) is 29.0 Å². The summed E-state index contributed by atoms with van der Waals surface area (Å²) in [6, 6.07) is 16.2. The van der Waals surface area contributed by atoms with Gasteiger partial charge in [0.1, 0.15) is 11.6 Å². The van der Waals surface area contributed by atoms with E-state index >= 15 is 0 Å². The fourth-order valence-electron chi connectivity index (χ4n) is 4.49. The molecule has 0 radical (unpaired) electrons. The molecule has 0 aromatic heterocycles. The predicted octanol–water partition coefficient (Wildman–Crippen LogP) is 7.54. The van der Waals surface area contributed by atoms with E-state index < -0.39 is 27.4 Å². The second-order valence-corrected chi connectivity index (χ2v) is 11.9. The predicted molar refractivity (Wildman–Crippen MR) is 146 cm³/mol. The van der Waals surface area contributed by atoms with E-state index in [1.807, 2.05) is 42.2 Å². The van der Waals surface area contributed by atoms with Crippen molar-refractivity contribution in [3.8, 4) is 5.75 Å². The lowest BCUT2D eigenvalue weighted by Gasteiger charge is -2.27. The van der Waals surface area contributed by atoms with E-state index in [9.17, 15) is 26.0 Å². The third-order valence-corrected chi connectivity index (χ3v) is 8.06. The zero-order chi connectivity index (χ0) is 28.8. The number of nitrogens with zero attached hydrogens (tertiary/aromatic N) is 1. The van der Waals surface area contributed by atoms with Crippen molar-refractivity contribution in [3.63, 3.8) is 0 Å². The third kappa shape index (κ3) is 8.43. The normalized spacial score (nSPS) is 13.1. The lowest BCUT2D eigenvalue weighted by molar-refractivity contribution is -0.137. The van der Waals surface area contributed by atoms with Crippen molar-refractivity contribution in [2.45, 2.75) is 50.2 Å². The van der Waals surface area contributed by atoms with Gasteiger partial charge in [0, 0.05) is 37.5 Å². The molecule has 0 heterocycles. The fraction of sp³-hybridized carbons (Fsp3) is 0.379. The minimum atomic E-state index is -4.56. The number of ether oxygens (including phenoxy) is 1. The molecule has 1 atom stereocenters. The Morgan fingerprint density at radius 2 is 1.74 bits per heavy atom. The largest absolute Gasteiger partial charge is 0.493 e. The SMILES string of the molecule is CCc1c(F)cc(OCCCN(Cc2cccc(C(F)(F)F)c2Cl)C[C@@H](C)c2ccccc2)cc1S(C)(=O)=O. The van der Waals surface area contributed by atoms with E-state index in [0.29, 0.717) is 25.1 Å². The Morgan fingerprint density at radius 1 is 1.05 bits per heavy atom. The first-order valence-electron chi connectivity index (χ1n) is 12.6. The van der Waals surface area contributed by atoms with Gasteiger partial charge in [0.15, 0.2) is 9.84 Å². The Bertz CT molecular complexity index is 1360. The molecule has 0 bridgehead atoms. The Morgan fingerprint density at radius 3 is 2.36 bits per heavy atom. The molecule has 0 saturated carbocycles. The average molecular weight is 586 g/mol. The molecule has 3 aromatic rings. The third-order valence-electron chi connectivity index (χ3n) is 6.45. The molecule has 0 amide bonds. The maximum Gasteiger partial charge on any atom is 0.417 e. The Labute approximate surface area is 232 Å². The molecule has 212 valence electrons. The highest BCUT2D eigenvalue weighted by Gasteiger charge is 2.34. The van der Waals surface area contributed by atoms with E-state index in [4.69, 9.17) is 16.3 Å². The molecular formula is C29H32ClF4NO3S. The summed E-state index contributed by atoms with van der Waals surface area (Å²) in [5.41, 5.74) is 0.695. The lowest BCUT2D eigenvalue weighted by atomic mass is 10.00. The molecule has 0 aliphatic heterocycles. The average Bonchev–Trinajstić information content (AvgIpc) is 2.86. The molecule has 39 heavy (non-hydrogen) atoms. The maximum absolute atomic E-state index is 14.5. The van der Waals surface area contributed by atoms with Crippen LogP contribution in [0.3, 0.4) is 0 Å². The number of sulfone groups is 1. The molecule has 0 fully saturated rings. The van der Waals surface area contributed by atoms with Crippen molar-refractivity contribution in [1.82, 2.24) is 4.90 Å². The lowest BCUT2D eigenvalue weighted by Crippen LogP contribution is -2.30. The van der Waals surface area contributed by atoms with Gasteiger partial charge in [0.25, 0.3) is 0 Å². The monoisotopic (exact) mass is 585 g/mol. The van der Waals surface area contributed by atoms with Crippen molar-refractivity contribution in [1.29, 1.82) is 0 Å². The summed E-state index contributed by atoms with van der Waals surface area (Å²) in [6.07, 6.45) is -2.85. The van der Waals surface area contributed by atoms with E-state index in [-0.39, 0.29) is 46.7 Å². The molecule has 0 spiro atoms. The zero-order valence-electron chi connectivity index (χ0n) is 22.1. The number of halogens is 5. The first-order chi connectivity index (χ1) is 18.3. The van der Waals surface area contributed by atoms with Crippen molar-refractivity contribution in [2.75, 3.05) is 26.0 Å². The molecule has 0 saturated heterocycles. The van der Waals surface area contributed by atoms with Crippen LogP contribution >= 0.6 is 11.6 Å². The van der Waals surface area contributed by atoms with Gasteiger partial charge in [-0.3, -0.25) is 4.90 Å². The minimum absolute atomic E-state index is 0.0877. The maximum atomic E-state index is 14.5. The summed E-state index contributed by atoms with van der Waals surface area (Å²) >= 11 is 6.17. The van der Waals surface area contributed by atoms with Crippen molar-refractivity contribution in [2.24, 2.45) is 0 Å². The number of alkyl halides is 3. The Kier molecular flexibility index (Phi) is 10.4. The second-order valence-electron chi connectivity index (χ2n) is 9.53. The summed E-state index contributed by atoms with van der Waals surface area (Å²) in [7, 11) is -3.65. The summed E-state index contributed by atoms with van der Waals surface area (Å²) in [5.74, 6) is -0.451. The van der Waals surface area contributed by atoms with Gasteiger partial charge in [0.05, 0.1) is 22.1 Å². The zero-order valence-corrected chi connectivity index (χ0v) is 23.6. The molecule has 3 aromatic carbocycles. The molecule has 0 aliphatic rings. The number of rotatable bonds is 12. The van der Waals surface area contributed by atoms with Gasteiger partial charge in [0.2, 0.25) is 0 Å². The summed E-state index contributed by atoms with van der Waals surface area (Å²) in [4.78, 5) is 1.91. The first-order valence-corrected chi connectivity index (χ1v) is 14.8. The van der Waals surface area contributed by atoms with E-state index in [0.717, 1.165) is 17.9 Å². The van der Waals surface area contributed by atoms with Gasteiger partial charge >= 0.3 is 6.18 Å². The highest BCUT2D eigenvalue weighted by atomic mass is 35.5. The Balaban J connectivity index is 1.75.